The second-order valence-electron chi connectivity index (χ2n) is 7.53. The van der Waals surface area contributed by atoms with E-state index in [2.05, 4.69) is 16.7 Å². The van der Waals surface area contributed by atoms with Crippen molar-refractivity contribution in [1.29, 1.82) is 0 Å². The number of rotatable bonds is 6. The van der Waals surface area contributed by atoms with E-state index in [1.807, 2.05) is 37.3 Å². The molecular weight excluding hydrogens is 358 g/mol. The summed E-state index contributed by atoms with van der Waals surface area (Å²) >= 11 is 5.55. The van der Waals surface area contributed by atoms with Gasteiger partial charge in [0.15, 0.2) is 10.9 Å². The van der Waals surface area contributed by atoms with Crippen LogP contribution < -0.4 is 20.3 Å². The Kier molecular flexibility index (Phi) is 5.64. The highest BCUT2D eigenvalue weighted by Gasteiger charge is 2.44. The van der Waals surface area contributed by atoms with Crippen LogP contribution in [0, 0.1) is 0 Å². The first-order valence-electron chi connectivity index (χ1n) is 9.89. The average Bonchev–Trinajstić information content (AvgIpc) is 3.24. The molecule has 0 aliphatic carbocycles. The highest BCUT2D eigenvalue weighted by molar-refractivity contribution is 7.80. The van der Waals surface area contributed by atoms with Gasteiger partial charge in [0.05, 0.1) is 25.0 Å². The van der Waals surface area contributed by atoms with Crippen molar-refractivity contribution in [2.75, 3.05) is 11.9 Å². The number of ether oxygens (including phenoxy) is 1. The molecule has 27 heavy (non-hydrogen) atoms. The highest BCUT2D eigenvalue weighted by atomic mass is 32.1. The summed E-state index contributed by atoms with van der Waals surface area (Å²) in [7, 11) is 0. The first-order valence-corrected chi connectivity index (χ1v) is 10.3. The zero-order valence-corrected chi connectivity index (χ0v) is 16.6. The standard InChI is InChI=1S/C21H27N3O2S/c1-2-25-19-9-5-15(6-10-19)22-21(27)23-16-12-17-7-8-18(13-16)24(17)14-20-4-3-11-26-20/h3-6,9-11,16-18H,2,7-8,12-14H2,1H3,(H2,22,23,27)/p+1/t17-,18-/m1/s1. The molecule has 6 heteroatoms. The number of hydrogen-bond acceptors (Lipinski definition) is 3. The van der Waals surface area contributed by atoms with Crippen LogP contribution in [0.3, 0.4) is 0 Å². The number of benzene rings is 1. The Balaban J connectivity index is 1.28. The molecular formula is C21H28N3O2S+. The molecule has 0 spiro atoms. The molecule has 0 saturated carbocycles. The van der Waals surface area contributed by atoms with E-state index in [4.69, 9.17) is 21.4 Å². The Labute approximate surface area is 166 Å². The smallest absolute Gasteiger partial charge is 0.171 e. The summed E-state index contributed by atoms with van der Waals surface area (Å²) in [6.45, 7) is 3.67. The minimum Gasteiger partial charge on any atom is -0.494 e. The van der Waals surface area contributed by atoms with Gasteiger partial charge in [-0.05, 0) is 55.5 Å². The van der Waals surface area contributed by atoms with Crippen LogP contribution in [0.15, 0.2) is 47.1 Å². The number of thiocarbonyl (C=S) groups is 1. The highest BCUT2D eigenvalue weighted by Crippen LogP contribution is 2.24. The fourth-order valence-corrected chi connectivity index (χ4v) is 4.89. The van der Waals surface area contributed by atoms with Crippen LogP contribution in [0.5, 0.6) is 5.75 Å². The molecule has 2 atom stereocenters. The van der Waals surface area contributed by atoms with Gasteiger partial charge in [-0.3, -0.25) is 0 Å². The topological polar surface area (TPSA) is 50.9 Å². The van der Waals surface area contributed by atoms with E-state index in [0.29, 0.717) is 29.8 Å². The summed E-state index contributed by atoms with van der Waals surface area (Å²) in [6, 6.07) is 13.8. The third kappa shape index (κ3) is 4.45. The SMILES string of the molecule is CCOc1ccc(NC(=S)NC2C[C@H]3CC[C@H](C2)[NH+]3Cc2ccco2)cc1. The van der Waals surface area contributed by atoms with Crippen LogP contribution in [0.4, 0.5) is 5.69 Å². The molecule has 0 unspecified atom stereocenters. The van der Waals surface area contributed by atoms with Crippen LogP contribution in [0.25, 0.3) is 0 Å². The summed E-state index contributed by atoms with van der Waals surface area (Å²) < 4.78 is 11.0. The number of anilines is 1. The minimum absolute atomic E-state index is 0.450. The van der Waals surface area contributed by atoms with E-state index in [1.54, 1.807) is 11.2 Å². The molecule has 3 N–H and O–H groups in total. The minimum atomic E-state index is 0.450. The molecule has 2 bridgehead atoms. The lowest BCUT2D eigenvalue weighted by molar-refractivity contribution is -0.955. The molecule has 4 rings (SSSR count). The number of hydrogen-bond donors (Lipinski definition) is 3. The average molecular weight is 387 g/mol. The molecule has 3 heterocycles. The van der Waals surface area contributed by atoms with Crippen molar-refractivity contribution in [3.63, 3.8) is 0 Å². The van der Waals surface area contributed by atoms with Crippen molar-refractivity contribution in [3.05, 3.63) is 48.4 Å². The fraction of sp³-hybridized carbons (Fsp3) is 0.476. The first kappa shape index (κ1) is 18.3. The zero-order chi connectivity index (χ0) is 18.6. The summed E-state index contributed by atoms with van der Waals surface area (Å²) in [6.07, 6.45) is 6.71. The Morgan fingerprint density at radius 1 is 1.19 bits per heavy atom. The van der Waals surface area contributed by atoms with Gasteiger partial charge in [-0.25, -0.2) is 0 Å². The second-order valence-corrected chi connectivity index (χ2v) is 7.93. The normalized spacial score (nSPS) is 26.6. The lowest BCUT2D eigenvalue weighted by Crippen LogP contribution is -3.17. The Morgan fingerprint density at radius 2 is 1.93 bits per heavy atom. The molecule has 1 aromatic heterocycles. The maximum atomic E-state index is 5.57. The predicted octanol–water partition coefficient (Wildman–Crippen LogP) is 2.74. The van der Waals surface area contributed by atoms with E-state index in [0.717, 1.165) is 36.6 Å². The monoisotopic (exact) mass is 386 g/mol. The summed E-state index contributed by atoms with van der Waals surface area (Å²) in [5.74, 6) is 1.98. The molecule has 2 aliphatic heterocycles. The van der Waals surface area contributed by atoms with Gasteiger partial charge in [0.1, 0.15) is 12.3 Å². The van der Waals surface area contributed by atoms with Crippen molar-refractivity contribution >= 4 is 23.0 Å². The number of piperidine rings is 1. The van der Waals surface area contributed by atoms with E-state index in [-0.39, 0.29) is 0 Å². The van der Waals surface area contributed by atoms with E-state index in [9.17, 15) is 0 Å². The molecule has 2 aliphatic rings. The van der Waals surface area contributed by atoms with E-state index >= 15 is 0 Å². The van der Waals surface area contributed by atoms with Gasteiger partial charge in [-0.1, -0.05) is 0 Å². The van der Waals surface area contributed by atoms with Crippen LogP contribution in [0.2, 0.25) is 0 Å². The van der Waals surface area contributed by atoms with Crippen molar-refractivity contribution < 1.29 is 14.1 Å². The second kappa shape index (κ2) is 8.31. The van der Waals surface area contributed by atoms with Gasteiger partial charge in [-0.15, -0.1) is 0 Å². The van der Waals surface area contributed by atoms with Crippen molar-refractivity contribution in [2.24, 2.45) is 0 Å². The first-order chi connectivity index (χ1) is 13.2. The van der Waals surface area contributed by atoms with Gasteiger partial charge < -0.3 is 24.7 Å². The molecule has 5 nitrogen and oxygen atoms in total. The Bertz CT molecular complexity index is 733. The van der Waals surface area contributed by atoms with Crippen LogP contribution >= 0.6 is 12.2 Å². The van der Waals surface area contributed by atoms with Gasteiger partial charge in [-0.2, -0.15) is 0 Å². The Morgan fingerprint density at radius 3 is 2.56 bits per heavy atom. The summed E-state index contributed by atoms with van der Waals surface area (Å²) in [5.41, 5.74) is 0.986. The molecule has 2 fully saturated rings. The van der Waals surface area contributed by atoms with E-state index in [1.165, 1.54) is 12.8 Å². The zero-order valence-electron chi connectivity index (χ0n) is 15.7. The maximum Gasteiger partial charge on any atom is 0.171 e. The Hall–Kier alpha value is -2.05. The number of nitrogens with one attached hydrogen (secondary N) is 3. The van der Waals surface area contributed by atoms with Crippen LogP contribution in [-0.4, -0.2) is 29.8 Å². The lowest BCUT2D eigenvalue weighted by atomic mass is 9.97. The van der Waals surface area contributed by atoms with Crippen molar-refractivity contribution in [2.45, 2.75) is 57.3 Å². The fourth-order valence-electron chi connectivity index (χ4n) is 4.60. The molecule has 1 aromatic carbocycles. The summed E-state index contributed by atoms with van der Waals surface area (Å²) in [5, 5.41) is 7.55. The van der Waals surface area contributed by atoms with Gasteiger partial charge >= 0.3 is 0 Å². The lowest BCUT2D eigenvalue weighted by Gasteiger charge is -2.36. The number of fused-ring (bicyclic) bond motifs is 2. The third-order valence-electron chi connectivity index (χ3n) is 5.77. The largest absolute Gasteiger partial charge is 0.494 e. The van der Waals surface area contributed by atoms with E-state index < -0.39 is 0 Å². The summed E-state index contributed by atoms with van der Waals surface area (Å²) in [4.78, 5) is 1.69. The quantitative estimate of drug-likeness (QED) is 0.667. The molecule has 0 radical (unpaired) electrons. The van der Waals surface area contributed by atoms with Gasteiger partial charge in [0, 0.05) is 37.4 Å². The molecule has 2 saturated heterocycles. The number of quaternary nitrogens is 1. The van der Waals surface area contributed by atoms with Crippen LogP contribution in [0.1, 0.15) is 38.4 Å². The molecule has 0 amide bonds. The number of furan rings is 1. The van der Waals surface area contributed by atoms with Gasteiger partial charge in [0.25, 0.3) is 0 Å². The van der Waals surface area contributed by atoms with Gasteiger partial charge in [0.2, 0.25) is 0 Å². The predicted molar refractivity (Wildman–Crippen MR) is 110 cm³/mol. The van der Waals surface area contributed by atoms with Crippen LogP contribution in [-0.2, 0) is 6.54 Å². The van der Waals surface area contributed by atoms with Crippen molar-refractivity contribution in [1.82, 2.24) is 5.32 Å². The van der Waals surface area contributed by atoms with Crippen molar-refractivity contribution in [3.8, 4) is 5.75 Å². The third-order valence-corrected chi connectivity index (χ3v) is 5.99. The molecule has 2 aromatic rings. The maximum absolute atomic E-state index is 5.57. The molecule has 144 valence electrons.